The molecule has 0 spiro atoms. The molecule has 4 rings (SSSR count). The minimum absolute atomic E-state index is 0. The summed E-state index contributed by atoms with van der Waals surface area (Å²) in [6, 6.07) is 0. The number of imidazole rings is 1. The minimum Gasteiger partial charge on any atom is -0.466 e. The van der Waals surface area contributed by atoms with Gasteiger partial charge in [0.2, 0.25) is 0 Å². The quantitative estimate of drug-likeness (QED) is 0.278. The Balaban J connectivity index is 0.00000361. The molecule has 2 fully saturated rings. The van der Waals surface area contributed by atoms with Crippen molar-refractivity contribution >= 4 is 23.8 Å². The highest BCUT2D eigenvalue weighted by Gasteiger charge is 2.74. The van der Waals surface area contributed by atoms with Gasteiger partial charge in [0.1, 0.15) is 22.9 Å². The summed E-state index contributed by atoms with van der Waals surface area (Å²) in [6.45, 7) is 4.82. The highest BCUT2D eigenvalue weighted by atomic mass is 16.6. The predicted octanol–water partition coefficient (Wildman–Crippen LogP) is 3.70. The second-order valence-corrected chi connectivity index (χ2v) is 9.64. The molecule has 1 aromatic rings. The van der Waals surface area contributed by atoms with Crippen molar-refractivity contribution in [1.29, 1.82) is 0 Å². The monoisotopic (exact) mass is 500 g/mol. The highest BCUT2D eigenvalue weighted by Crippen LogP contribution is 2.65. The Morgan fingerprint density at radius 1 is 1.25 bits per heavy atom. The van der Waals surface area contributed by atoms with Crippen LogP contribution in [0.25, 0.3) is 0 Å². The number of esters is 3. The molecule has 194 valence electrons. The summed E-state index contributed by atoms with van der Waals surface area (Å²) in [5, 5.41) is 0. The number of ether oxygens (including phenoxy) is 3. The molecular formula is C26H34N3O7+. The fourth-order valence-electron chi connectivity index (χ4n) is 6.03. The largest absolute Gasteiger partial charge is 0.466 e. The number of cyclic esters (lactones) is 1. The van der Waals surface area contributed by atoms with E-state index in [1.54, 1.807) is 44.3 Å². The summed E-state index contributed by atoms with van der Waals surface area (Å²) >= 11 is 0. The minimum atomic E-state index is -1.12. The second-order valence-electron chi connectivity index (χ2n) is 9.64. The average molecular weight is 501 g/mol. The van der Waals surface area contributed by atoms with Crippen molar-refractivity contribution in [2.75, 3.05) is 7.11 Å². The topological polar surface area (TPSA) is 150 Å². The molecule has 36 heavy (non-hydrogen) atoms. The Labute approximate surface area is 210 Å². The maximum Gasteiger partial charge on any atom is 0.333 e. The van der Waals surface area contributed by atoms with Crippen LogP contribution in [0, 0.1) is 11.3 Å². The lowest BCUT2D eigenvalue weighted by Gasteiger charge is -2.54. The number of carbonyl (C=O) groups excluding carboxylic acids is 4. The summed E-state index contributed by atoms with van der Waals surface area (Å²) in [5.74, 6) is -1.92. The van der Waals surface area contributed by atoms with Crippen molar-refractivity contribution in [2.24, 2.45) is 11.3 Å². The lowest BCUT2D eigenvalue weighted by Crippen LogP contribution is -2.65. The van der Waals surface area contributed by atoms with Crippen LogP contribution in [0.2, 0.25) is 0 Å². The van der Waals surface area contributed by atoms with Gasteiger partial charge in [-0.05, 0) is 52.0 Å². The first-order valence-corrected chi connectivity index (χ1v) is 11.7. The van der Waals surface area contributed by atoms with Gasteiger partial charge in [-0.1, -0.05) is 18.2 Å². The van der Waals surface area contributed by atoms with Gasteiger partial charge in [-0.25, -0.2) is 9.78 Å². The Kier molecular flexibility index (Phi) is 7.40. The van der Waals surface area contributed by atoms with Crippen molar-refractivity contribution < 1.29 is 33.4 Å². The SMILES string of the molecule is COC(=O)C1=CC[C@@]23CC[C@@H]([C@@](C)(/C=C/C=C(\C)C(=O)n4ccnc4)OC2=O)[C@@]3(OC(C)=O)CC1.[NH4+]. The van der Waals surface area contributed by atoms with E-state index in [0.717, 1.165) is 0 Å². The number of nitrogens with zero attached hydrogens (tertiary/aromatic N) is 2. The van der Waals surface area contributed by atoms with Crippen molar-refractivity contribution in [3.8, 4) is 0 Å². The van der Waals surface area contributed by atoms with Gasteiger partial charge < -0.3 is 20.4 Å². The number of aromatic nitrogens is 2. The third-order valence-corrected chi connectivity index (χ3v) is 7.71. The molecule has 3 aliphatic rings. The Morgan fingerprint density at radius 2 is 2.00 bits per heavy atom. The molecule has 1 aliphatic heterocycles. The summed E-state index contributed by atoms with van der Waals surface area (Å²) < 4.78 is 18.3. The third kappa shape index (κ3) is 4.19. The molecule has 1 aromatic heterocycles. The molecule has 0 radical (unpaired) electrons. The van der Waals surface area contributed by atoms with E-state index in [-0.39, 0.29) is 24.4 Å². The van der Waals surface area contributed by atoms with Gasteiger partial charge in [0.25, 0.3) is 5.91 Å². The van der Waals surface area contributed by atoms with Crippen LogP contribution in [-0.4, -0.2) is 51.7 Å². The summed E-state index contributed by atoms with van der Waals surface area (Å²) in [7, 11) is 1.32. The van der Waals surface area contributed by atoms with Crippen molar-refractivity contribution in [2.45, 2.75) is 64.1 Å². The standard InChI is InChI=1S/C26H30N2O7.H3N/c1-17(21(30)28-15-14-27-16-28)6-5-10-24(3)20-9-12-25(23(32)35-24)11-7-19(22(31)33-4)8-13-26(20,25)34-18(2)29;/h5-7,10,14-16,20H,8-9,11-13H2,1-4H3;1H3/p+1/b10-5+,17-6+;/t20-,24+,25+,26-;/m0./s1. The second kappa shape index (κ2) is 9.85. The Hall–Kier alpha value is -3.53. The molecule has 4 N–H and O–H groups in total. The van der Waals surface area contributed by atoms with E-state index in [1.165, 1.54) is 31.1 Å². The Morgan fingerprint density at radius 3 is 2.64 bits per heavy atom. The van der Waals surface area contributed by atoms with Crippen LogP contribution in [0.1, 0.15) is 57.7 Å². The van der Waals surface area contributed by atoms with E-state index in [1.807, 2.05) is 0 Å². The normalized spacial score (nSPS) is 31.4. The van der Waals surface area contributed by atoms with Crippen LogP contribution in [0.3, 0.4) is 0 Å². The molecule has 0 aromatic carbocycles. The van der Waals surface area contributed by atoms with Crippen molar-refractivity contribution in [3.63, 3.8) is 0 Å². The number of rotatable bonds is 5. The van der Waals surface area contributed by atoms with Gasteiger partial charge in [0.05, 0.1) is 7.11 Å². The number of allylic oxidation sites excluding steroid dienone is 4. The van der Waals surface area contributed by atoms with E-state index in [2.05, 4.69) is 4.98 Å². The molecule has 2 aliphatic carbocycles. The smallest absolute Gasteiger partial charge is 0.333 e. The molecule has 2 bridgehead atoms. The molecule has 4 atom stereocenters. The van der Waals surface area contributed by atoms with E-state index < -0.39 is 34.5 Å². The predicted molar refractivity (Wildman–Crippen MR) is 130 cm³/mol. The molecule has 10 heteroatoms. The van der Waals surface area contributed by atoms with Crippen molar-refractivity contribution in [1.82, 2.24) is 15.7 Å². The number of methoxy groups -OCH3 is 1. The van der Waals surface area contributed by atoms with E-state index >= 15 is 0 Å². The number of carbonyl (C=O) groups is 4. The van der Waals surface area contributed by atoms with Gasteiger partial charge in [-0.2, -0.15) is 0 Å². The van der Waals surface area contributed by atoms with Crippen LogP contribution >= 0.6 is 0 Å². The summed E-state index contributed by atoms with van der Waals surface area (Å²) in [6.07, 6.45) is 13.3. The van der Waals surface area contributed by atoms with E-state index in [9.17, 15) is 19.2 Å². The van der Waals surface area contributed by atoms with Crippen LogP contribution in [0.15, 0.2) is 54.2 Å². The van der Waals surface area contributed by atoms with Crippen LogP contribution in [0.5, 0.6) is 0 Å². The zero-order chi connectivity index (χ0) is 25.4. The molecule has 1 saturated carbocycles. The fourth-order valence-corrected chi connectivity index (χ4v) is 6.03. The first-order valence-electron chi connectivity index (χ1n) is 11.7. The molecule has 0 unspecified atom stereocenters. The van der Waals surface area contributed by atoms with E-state index in [0.29, 0.717) is 36.8 Å². The lowest BCUT2D eigenvalue weighted by atomic mass is 9.62. The average Bonchev–Trinajstić information content (AvgIpc) is 3.39. The first kappa shape index (κ1) is 27.1. The van der Waals surface area contributed by atoms with Gasteiger partial charge in [-0.3, -0.25) is 19.0 Å². The fraction of sp³-hybridized carbons (Fsp3) is 0.500. The van der Waals surface area contributed by atoms with Crippen molar-refractivity contribution in [3.05, 3.63) is 54.2 Å². The van der Waals surface area contributed by atoms with Crippen LogP contribution in [-0.2, 0) is 28.6 Å². The van der Waals surface area contributed by atoms with Crippen LogP contribution in [0.4, 0.5) is 0 Å². The maximum atomic E-state index is 13.6. The van der Waals surface area contributed by atoms with E-state index in [4.69, 9.17) is 14.2 Å². The molecule has 0 amide bonds. The highest BCUT2D eigenvalue weighted by molar-refractivity contribution is 5.95. The Bertz CT molecular complexity index is 1150. The molecule has 10 nitrogen and oxygen atoms in total. The maximum absolute atomic E-state index is 13.6. The number of quaternary nitrogens is 1. The molecular weight excluding hydrogens is 466 g/mol. The van der Waals surface area contributed by atoms with Crippen LogP contribution < -0.4 is 6.15 Å². The zero-order valence-corrected chi connectivity index (χ0v) is 21.4. The van der Waals surface area contributed by atoms with Gasteiger partial charge in [-0.15, -0.1) is 0 Å². The summed E-state index contributed by atoms with van der Waals surface area (Å²) in [5.41, 5.74) is -2.31. The summed E-state index contributed by atoms with van der Waals surface area (Å²) in [4.78, 5) is 54.5. The first-order chi connectivity index (χ1) is 16.6. The molecule has 2 heterocycles. The third-order valence-electron chi connectivity index (χ3n) is 7.71. The van der Waals surface area contributed by atoms with Gasteiger partial charge in [0.15, 0.2) is 0 Å². The number of hydrogen-bond donors (Lipinski definition) is 1. The van der Waals surface area contributed by atoms with Gasteiger partial charge >= 0.3 is 17.9 Å². The number of hydrogen-bond acceptors (Lipinski definition) is 8. The zero-order valence-electron chi connectivity index (χ0n) is 21.4. The van der Waals surface area contributed by atoms with Gasteiger partial charge in [0, 0.05) is 36.4 Å². The lowest BCUT2D eigenvalue weighted by molar-refractivity contribution is -0.235. The molecule has 1 saturated heterocycles.